The quantitative estimate of drug-likeness (QED) is 0.198. The number of morpholine rings is 1. The van der Waals surface area contributed by atoms with E-state index in [1.54, 1.807) is 0 Å². The molecule has 2 aliphatic rings. The van der Waals surface area contributed by atoms with Crippen molar-refractivity contribution in [1.29, 1.82) is 0 Å². The Labute approximate surface area is 257 Å². The van der Waals surface area contributed by atoms with Crippen LogP contribution in [-0.2, 0) is 22.5 Å². The summed E-state index contributed by atoms with van der Waals surface area (Å²) in [6.07, 6.45) is 2.78. The fourth-order valence-electron chi connectivity index (χ4n) is 6.82. The number of nitrogens with one attached hydrogen (secondary N) is 1. The number of nitrogens with zero attached hydrogens (tertiary/aromatic N) is 2. The lowest BCUT2D eigenvalue weighted by molar-refractivity contribution is -0.118. The fraction of sp³-hybridized carbons (Fsp3) is 0.243. The van der Waals surface area contributed by atoms with Crippen molar-refractivity contribution in [1.82, 2.24) is 4.57 Å². The Morgan fingerprint density at radius 2 is 1.59 bits per heavy atom. The molecule has 222 valence electrons. The molecule has 1 aliphatic heterocycles. The van der Waals surface area contributed by atoms with E-state index in [1.165, 1.54) is 5.56 Å². The van der Waals surface area contributed by atoms with E-state index < -0.39 is 5.92 Å². The van der Waals surface area contributed by atoms with Crippen LogP contribution < -0.4 is 16.0 Å². The number of unbranched alkanes of at least 4 members (excludes halogenated alkanes) is 1. The molecule has 3 N–H and O–H groups in total. The van der Waals surface area contributed by atoms with Gasteiger partial charge in [0.2, 0.25) is 5.91 Å². The van der Waals surface area contributed by atoms with Crippen LogP contribution in [0.25, 0.3) is 22.0 Å². The van der Waals surface area contributed by atoms with Crippen LogP contribution in [0, 0.1) is 0 Å². The summed E-state index contributed by atoms with van der Waals surface area (Å²) in [4.78, 5) is 28.0. The molecule has 1 aromatic heterocycles. The predicted molar refractivity (Wildman–Crippen MR) is 175 cm³/mol. The molecule has 1 aliphatic carbocycles. The molecule has 5 aromatic rings. The average molecular weight is 585 g/mol. The zero-order valence-corrected chi connectivity index (χ0v) is 24.7. The summed E-state index contributed by atoms with van der Waals surface area (Å²) in [7, 11) is 0. The molecule has 1 fully saturated rings. The van der Waals surface area contributed by atoms with E-state index in [9.17, 15) is 9.59 Å². The normalized spacial score (nSPS) is 15.6. The molecule has 1 atom stereocenters. The Hall–Kier alpha value is -4.88. The number of ether oxygens (including phenoxy) is 1. The van der Waals surface area contributed by atoms with Crippen molar-refractivity contribution in [3.05, 3.63) is 119 Å². The van der Waals surface area contributed by atoms with Gasteiger partial charge in [0.15, 0.2) is 0 Å². The van der Waals surface area contributed by atoms with Crippen molar-refractivity contribution >= 4 is 34.2 Å². The lowest BCUT2D eigenvalue weighted by Crippen LogP contribution is -2.36. The summed E-state index contributed by atoms with van der Waals surface area (Å²) in [6.45, 7) is 3.95. The largest absolute Gasteiger partial charge is 0.378 e. The topological polar surface area (TPSA) is 89.6 Å². The Morgan fingerprint density at radius 3 is 2.41 bits per heavy atom. The molecule has 44 heavy (non-hydrogen) atoms. The highest BCUT2D eigenvalue weighted by Crippen LogP contribution is 2.46. The zero-order chi connectivity index (χ0) is 30.0. The molecule has 2 amide bonds. The Morgan fingerprint density at radius 1 is 0.841 bits per heavy atom. The second-order valence-corrected chi connectivity index (χ2v) is 11.6. The molecule has 1 saturated heterocycles. The van der Waals surface area contributed by atoms with Crippen LogP contribution in [0.5, 0.6) is 0 Å². The minimum Gasteiger partial charge on any atom is -0.378 e. The van der Waals surface area contributed by atoms with Crippen LogP contribution in [0.1, 0.15) is 45.8 Å². The van der Waals surface area contributed by atoms with E-state index in [4.69, 9.17) is 10.5 Å². The first kappa shape index (κ1) is 27.9. The first-order chi connectivity index (χ1) is 21.6. The summed E-state index contributed by atoms with van der Waals surface area (Å²) in [5, 5.41) is 4.28. The molecule has 0 bridgehead atoms. The summed E-state index contributed by atoms with van der Waals surface area (Å²) in [5.41, 5.74) is 14.2. The molecular formula is C37H36N4O3. The summed E-state index contributed by atoms with van der Waals surface area (Å²) >= 11 is 0. The fourth-order valence-corrected chi connectivity index (χ4v) is 6.82. The number of carbonyl (C=O) groups excluding carboxylic acids is 2. The van der Waals surface area contributed by atoms with Gasteiger partial charge in [-0.15, -0.1) is 0 Å². The van der Waals surface area contributed by atoms with Gasteiger partial charge in [0, 0.05) is 41.8 Å². The maximum Gasteiger partial charge on any atom is 0.256 e. The van der Waals surface area contributed by atoms with Gasteiger partial charge in [-0.1, -0.05) is 60.7 Å². The van der Waals surface area contributed by atoms with Gasteiger partial charge in [-0.05, 0) is 83.5 Å². The van der Waals surface area contributed by atoms with Gasteiger partial charge in [-0.3, -0.25) is 9.59 Å². The number of nitrogens with two attached hydrogens (primary N) is 1. The van der Waals surface area contributed by atoms with E-state index in [2.05, 4.69) is 45.1 Å². The van der Waals surface area contributed by atoms with Crippen LogP contribution in [0.4, 0.5) is 11.5 Å². The average Bonchev–Trinajstić information content (AvgIpc) is 3.59. The minimum absolute atomic E-state index is 0.120. The number of benzene rings is 4. The summed E-state index contributed by atoms with van der Waals surface area (Å²) in [6, 6.07) is 32.5. The number of carbonyl (C=O) groups is 2. The van der Waals surface area contributed by atoms with Gasteiger partial charge in [0.05, 0.1) is 19.1 Å². The maximum atomic E-state index is 13.3. The van der Waals surface area contributed by atoms with Gasteiger partial charge < -0.3 is 25.3 Å². The van der Waals surface area contributed by atoms with Gasteiger partial charge >= 0.3 is 0 Å². The molecule has 7 rings (SSSR count). The lowest BCUT2D eigenvalue weighted by atomic mass is 9.93. The van der Waals surface area contributed by atoms with Crippen molar-refractivity contribution in [2.75, 3.05) is 36.5 Å². The molecule has 0 spiro atoms. The van der Waals surface area contributed by atoms with Crippen molar-refractivity contribution in [2.45, 2.75) is 31.7 Å². The third-order valence-electron chi connectivity index (χ3n) is 8.96. The van der Waals surface area contributed by atoms with Gasteiger partial charge in [-0.2, -0.15) is 0 Å². The highest BCUT2D eigenvalue weighted by Gasteiger charge is 2.33. The number of primary amides is 1. The van der Waals surface area contributed by atoms with Crippen LogP contribution in [0.3, 0.4) is 0 Å². The number of hydrogen-bond donors (Lipinski definition) is 2. The SMILES string of the molecule is NC(=O)C1c2ccccc2-c2c(CCCCn3c(NC(=O)c4ccc(N5CCOCC5)cc4)cc4ccccc43)cccc21. The van der Waals surface area contributed by atoms with Crippen molar-refractivity contribution in [2.24, 2.45) is 5.73 Å². The molecule has 7 heteroatoms. The first-order valence-electron chi connectivity index (χ1n) is 15.4. The van der Waals surface area contributed by atoms with Crippen molar-refractivity contribution in [3.8, 4) is 11.1 Å². The number of para-hydroxylation sites is 1. The van der Waals surface area contributed by atoms with Crippen LogP contribution in [-0.4, -0.2) is 42.7 Å². The van der Waals surface area contributed by atoms with Gasteiger partial charge in [-0.25, -0.2) is 0 Å². The van der Waals surface area contributed by atoms with Crippen molar-refractivity contribution < 1.29 is 14.3 Å². The molecule has 4 aromatic carbocycles. The van der Waals surface area contributed by atoms with Crippen LogP contribution >= 0.6 is 0 Å². The monoisotopic (exact) mass is 584 g/mol. The molecular weight excluding hydrogens is 548 g/mol. The highest BCUT2D eigenvalue weighted by atomic mass is 16.5. The Kier molecular flexibility index (Phi) is 7.62. The number of aromatic nitrogens is 1. The second-order valence-electron chi connectivity index (χ2n) is 11.6. The minimum atomic E-state index is -0.394. The number of fused-ring (bicyclic) bond motifs is 4. The Bertz CT molecular complexity index is 1840. The van der Waals surface area contributed by atoms with Gasteiger partial charge in [0.25, 0.3) is 5.91 Å². The molecule has 0 radical (unpaired) electrons. The van der Waals surface area contributed by atoms with E-state index >= 15 is 0 Å². The number of hydrogen-bond acceptors (Lipinski definition) is 4. The summed E-state index contributed by atoms with van der Waals surface area (Å²) < 4.78 is 7.67. The van der Waals surface area contributed by atoms with E-state index in [0.717, 1.165) is 96.8 Å². The van der Waals surface area contributed by atoms with E-state index in [-0.39, 0.29) is 11.8 Å². The third kappa shape index (κ3) is 5.24. The van der Waals surface area contributed by atoms with Crippen LogP contribution in [0.2, 0.25) is 0 Å². The zero-order valence-electron chi connectivity index (χ0n) is 24.7. The highest BCUT2D eigenvalue weighted by molar-refractivity contribution is 6.05. The molecule has 7 nitrogen and oxygen atoms in total. The third-order valence-corrected chi connectivity index (χ3v) is 8.96. The number of amides is 2. The van der Waals surface area contributed by atoms with Crippen molar-refractivity contribution in [3.63, 3.8) is 0 Å². The second kappa shape index (κ2) is 12.0. The number of anilines is 2. The van der Waals surface area contributed by atoms with Crippen LogP contribution in [0.15, 0.2) is 97.1 Å². The molecule has 0 saturated carbocycles. The summed E-state index contributed by atoms with van der Waals surface area (Å²) in [5.74, 6) is -0.0259. The number of rotatable bonds is 9. The lowest BCUT2D eigenvalue weighted by Gasteiger charge is -2.28. The van der Waals surface area contributed by atoms with E-state index in [0.29, 0.717) is 5.56 Å². The molecule has 1 unspecified atom stereocenters. The predicted octanol–water partition coefficient (Wildman–Crippen LogP) is 6.35. The van der Waals surface area contributed by atoms with E-state index in [1.807, 2.05) is 66.7 Å². The standard InChI is InChI=1S/C37H36N4O3/c38-36(42)35-30-12-3-2-11-29(30)34-25(10-7-13-31(34)35)8-5-6-19-41-32-14-4-1-9-27(32)24-33(41)39-37(43)26-15-17-28(18-16-26)40-20-22-44-23-21-40/h1-4,7,9-18,24,35H,5-6,8,19-23H2,(H2,38,42)(H,39,43). The smallest absolute Gasteiger partial charge is 0.256 e. The molecule has 2 heterocycles. The first-order valence-corrected chi connectivity index (χ1v) is 15.4. The maximum absolute atomic E-state index is 13.3. The Balaban J connectivity index is 1.06. The number of aryl methyl sites for hydroxylation is 2. The van der Waals surface area contributed by atoms with Gasteiger partial charge in [0.1, 0.15) is 5.82 Å².